The van der Waals surface area contributed by atoms with E-state index in [1.165, 1.54) is 24.8 Å². The molecule has 0 radical (unpaired) electrons. The van der Waals surface area contributed by atoms with Gasteiger partial charge in [-0.1, -0.05) is 20.3 Å². The van der Waals surface area contributed by atoms with Gasteiger partial charge in [-0.2, -0.15) is 0 Å². The maximum absolute atomic E-state index is 11.7. The standard InChI is InChI=1S/C19H27O2.Au/c1-18-9-7-13(20)11-12(18)3-4-14-15-5-6-17(21)19(15,2)10-8-16(14)18;/h14-17,21H,3-10H2,1-2H3;/q-1;+1/t14-,15-,16-,17-,18-,19-;/m0./s1. The second kappa shape index (κ2) is 5.58. The van der Waals surface area contributed by atoms with E-state index in [0.29, 0.717) is 18.3 Å². The third kappa shape index (κ3) is 2.17. The average Bonchev–Trinajstić information content (AvgIpc) is 2.76. The Hall–Kier alpha value is 0.110. The number of rotatable bonds is 0. The molecule has 3 fully saturated rings. The van der Waals surface area contributed by atoms with Gasteiger partial charge in [-0.25, -0.2) is 5.57 Å². The van der Waals surface area contributed by atoms with E-state index >= 15 is 0 Å². The summed E-state index contributed by atoms with van der Waals surface area (Å²) in [5, 5.41) is 10.4. The zero-order valence-corrected chi connectivity index (χ0v) is 15.8. The van der Waals surface area contributed by atoms with Crippen LogP contribution in [0.1, 0.15) is 65.2 Å². The number of ketones is 1. The summed E-state index contributed by atoms with van der Waals surface area (Å²) < 4.78 is 0. The van der Waals surface area contributed by atoms with Crippen LogP contribution in [0.5, 0.6) is 0 Å². The first-order chi connectivity index (χ1) is 9.95. The van der Waals surface area contributed by atoms with Gasteiger partial charge >= 0.3 is 22.4 Å². The molecule has 0 unspecified atom stereocenters. The zero-order valence-electron chi connectivity index (χ0n) is 13.6. The van der Waals surface area contributed by atoms with Crippen LogP contribution in [0.3, 0.4) is 0 Å². The minimum Gasteiger partial charge on any atom is -0.427 e. The van der Waals surface area contributed by atoms with Gasteiger partial charge in [0.05, 0.1) is 6.10 Å². The average molecular weight is 484 g/mol. The predicted molar refractivity (Wildman–Crippen MR) is 81.4 cm³/mol. The van der Waals surface area contributed by atoms with Crippen molar-refractivity contribution in [3.8, 4) is 0 Å². The molecule has 0 aromatic rings. The first-order valence-electron chi connectivity index (χ1n) is 8.79. The van der Waals surface area contributed by atoms with Crippen molar-refractivity contribution >= 4 is 5.78 Å². The molecule has 2 nitrogen and oxygen atoms in total. The number of Topliss-reactive ketones (excluding diaryl/α,β-unsaturated/α-hetero) is 1. The summed E-state index contributed by atoms with van der Waals surface area (Å²) in [5.41, 5.74) is 1.70. The molecule has 3 heteroatoms. The smallest absolute Gasteiger partial charge is 0.427 e. The van der Waals surface area contributed by atoms with Crippen molar-refractivity contribution in [2.75, 3.05) is 0 Å². The van der Waals surface area contributed by atoms with Crippen LogP contribution in [0.4, 0.5) is 0 Å². The summed E-state index contributed by atoms with van der Waals surface area (Å²) in [4.78, 5) is 11.7. The number of carbonyl (C=O) groups is 1. The molecule has 3 saturated carbocycles. The van der Waals surface area contributed by atoms with Gasteiger partial charge in [0.2, 0.25) is 0 Å². The van der Waals surface area contributed by atoms with Crippen molar-refractivity contribution in [2.45, 2.75) is 71.3 Å². The van der Waals surface area contributed by atoms with Crippen molar-refractivity contribution in [2.24, 2.45) is 28.6 Å². The molecule has 0 bridgehead atoms. The van der Waals surface area contributed by atoms with Gasteiger partial charge in [0.1, 0.15) is 0 Å². The molecule has 0 aromatic heterocycles. The van der Waals surface area contributed by atoms with E-state index in [4.69, 9.17) is 0 Å². The Balaban J connectivity index is 0.00000144. The molecule has 0 saturated heterocycles. The van der Waals surface area contributed by atoms with Gasteiger partial charge in [-0.15, -0.1) is 0 Å². The van der Waals surface area contributed by atoms with Gasteiger partial charge < -0.3 is 16.0 Å². The van der Waals surface area contributed by atoms with Crippen molar-refractivity contribution in [3.63, 3.8) is 0 Å². The van der Waals surface area contributed by atoms with Crippen LogP contribution in [0.25, 0.3) is 0 Å². The molecule has 6 atom stereocenters. The largest absolute Gasteiger partial charge is 1.00 e. The van der Waals surface area contributed by atoms with Crippen LogP contribution in [0.15, 0.2) is 5.57 Å². The molecule has 0 spiro atoms. The summed E-state index contributed by atoms with van der Waals surface area (Å²) in [6.45, 7) is 4.72. The van der Waals surface area contributed by atoms with E-state index in [9.17, 15) is 9.90 Å². The number of hydrogen-bond donors (Lipinski definition) is 1. The monoisotopic (exact) mass is 484 g/mol. The van der Waals surface area contributed by atoms with Crippen molar-refractivity contribution in [1.29, 1.82) is 0 Å². The Labute approximate surface area is 149 Å². The van der Waals surface area contributed by atoms with E-state index in [1.54, 1.807) is 0 Å². The Bertz CT molecular complexity index is 514. The molecule has 4 aliphatic carbocycles. The van der Waals surface area contributed by atoms with Gasteiger partial charge in [-0.05, 0) is 79.3 Å². The number of fused-ring (bicyclic) bond motifs is 5. The molecular weight excluding hydrogens is 457 g/mol. The van der Waals surface area contributed by atoms with E-state index in [2.05, 4.69) is 19.9 Å². The van der Waals surface area contributed by atoms with Crippen LogP contribution in [0.2, 0.25) is 0 Å². The summed E-state index contributed by atoms with van der Waals surface area (Å²) in [6.07, 6.45) is 11.7. The molecular formula is C19H27AuO2. The summed E-state index contributed by atoms with van der Waals surface area (Å²) in [7, 11) is 0. The minimum absolute atomic E-state index is 0. The molecule has 22 heavy (non-hydrogen) atoms. The maximum atomic E-state index is 11.7. The predicted octanol–water partition coefficient (Wildman–Crippen LogP) is 3.68. The van der Waals surface area contributed by atoms with E-state index < -0.39 is 0 Å². The number of aliphatic hydroxyl groups is 1. The maximum Gasteiger partial charge on any atom is 1.00 e. The fraction of sp³-hybridized carbons (Fsp3) is 0.842. The number of carbonyl (C=O) groups excluding carboxylic acids is 1. The third-order valence-electron chi connectivity index (χ3n) is 7.78. The number of hydrogen-bond acceptors (Lipinski definition) is 2. The Kier molecular flexibility index (Phi) is 4.30. The first-order valence-corrected chi connectivity index (χ1v) is 8.79. The van der Waals surface area contributed by atoms with Crippen LogP contribution in [-0.4, -0.2) is 17.0 Å². The summed E-state index contributed by atoms with van der Waals surface area (Å²) in [5.74, 6) is 2.38. The third-order valence-corrected chi connectivity index (χ3v) is 7.78. The second-order valence-electron chi connectivity index (χ2n) is 8.50. The zero-order chi connectivity index (χ0) is 14.8. The molecule has 0 aliphatic heterocycles. The SMILES string of the molecule is C[C@]12CC[C@H]3[C@@H](CCC4=[C-]C(=O)CC[C@@]43C)[C@@H]1CC[C@@H]2O.[Au+]. The molecule has 1 N–H and O–H groups in total. The van der Waals surface area contributed by atoms with Gasteiger partial charge in [0, 0.05) is 0 Å². The minimum atomic E-state index is -0.0901. The van der Waals surface area contributed by atoms with Crippen LogP contribution in [-0.2, 0) is 27.2 Å². The first kappa shape index (κ1) is 17.0. The molecule has 0 amide bonds. The topological polar surface area (TPSA) is 37.3 Å². The van der Waals surface area contributed by atoms with Crippen LogP contribution < -0.4 is 0 Å². The van der Waals surface area contributed by atoms with Gasteiger partial charge in [0.25, 0.3) is 0 Å². The van der Waals surface area contributed by atoms with Gasteiger partial charge in [-0.3, -0.25) is 0 Å². The van der Waals surface area contributed by atoms with Crippen molar-refractivity contribution in [3.05, 3.63) is 11.6 Å². The number of allylic oxidation sites excluding steroid dienone is 1. The Morgan fingerprint density at radius 3 is 2.59 bits per heavy atom. The van der Waals surface area contributed by atoms with E-state index in [0.717, 1.165) is 31.6 Å². The molecule has 4 aliphatic rings. The molecule has 0 aromatic carbocycles. The van der Waals surface area contributed by atoms with Crippen molar-refractivity contribution < 1.29 is 32.3 Å². The fourth-order valence-corrected chi connectivity index (χ4v) is 6.42. The fourth-order valence-electron chi connectivity index (χ4n) is 6.42. The molecule has 4 rings (SSSR count). The molecule has 126 valence electrons. The second-order valence-corrected chi connectivity index (χ2v) is 8.50. The summed E-state index contributed by atoms with van der Waals surface area (Å²) >= 11 is 0. The number of aliphatic hydroxyl groups excluding tert-OH is 1. The van der Waals surface area contributed by atoms with Crippen molar-refractivity contribution in [1.82, 2.24) is 0 Å². The Morgan fingerprint density at radius 1 is 1.05 bits per heavy atom. The summed E-state index contributed by atoms with van der Waals surface area (Å²) in [6, 6.07) is 0. The van der Waals surface area contributed by atoms with Gasteiger partial charge in [0.15, 0.2) is 0 Å². The van der Waals surface area contributed by atoms with Crippen LogP contribution >= 0.6 is 0 Å². The quantitative estimate of drug-likeness (QED) is 0.421. The molecule has 0 heterocycles. The normalized spacial score (nSPS) is 50.3. The van der Waals surface area contributed by atoms with Crippen LogP contribution in [0, 0.1) is 34.7 Å². The Morgan fingerprint density at radius 2 is 1.82 bits per heavy atom. The van der Waals surface area contributed by atoms with E-state index in [-0.39, 0.29) is 45.1 Å². The van der Waals surface area contributed by atoms with E-state index in [1.807, 2.05) is 0 Å².